The van der Waals surface area contributed by atoms with E-state index in [-0.39, 0.29) is 24.3 Å². The number of anilines is 2. The predicted molar refractivity (Wildman–Crippen MR) is 163 cm³/mol. The monoisotopic (exact) mass is 594 g/mol. The van der Waals surface area contributed by atoms with E-state index in [0.29, 0.717) is 23.1 Å². The van der Waals surface area contributed by atoms with E-state index in [1.165, 1.54) is 6.33 Å². The van der Waals surface area contributed by atoms with Crippen molar-refractivity contribution in [3.05, 3.63) is 67.0 Å². The number of nitrogens with zero attached hydrogens (tertiary/aromatic N) is 7. The van der Waals surface area contributed by atoms with E-state index in [0.717, 1.165) is 53.6 Å². The number of fused-ring (bicyclic) bond motifs is 4. The fraction of sp³-hybridized carbons (Fsp3) is 0.375. The summed E-state index contributed by atoms with van der Waals surface area (Å²) < 4.78 is 19.8. The molecular weight excluding hydrogens is 560 g/mol. The lowest BCUT2D eigenvalue weighted by Gasteiger charge is -2.39. The molecule has 2 fully saturated rings. The first-order valence-electron chi connectivity index (χ1n) is 14.8. The fourth-order valence-electron chi connectivity index (χ4n) is 6.09. The number of nitrogens with one attached hydrogen (secondary N) is 1. The molecule has 0 saturated carbocycles. The molecule has 0 radical (unpaired) electrons. The molecule has 12 nitrogen and oxygen atoms in total. The van der Waals surface area contributed by atoms with Crippen molar-refractivity contribution >= 4 is 34.1 Å². The van der Waals surface area contributed by atoms with Gasteiger partial charge in [0.1, 0.15) is 48.0 Å². The number of carbonyl (C=O) groups excluding carboxylic acids is 1. The van der Waals surface area contributed by atoms with Gasteiger partial charge in [0.2, 0.25) is 5.88 Å². The summed E-state index contributed by atoms with van der Waals surface area (Å²) in [5.41, 5.74) is 2.73. The summed E-state index contributed by atoms with van der Waals surface area (Å²) in [4.78, 5) is 32.3. The summed E-state index contributed by atoms with van der Waals surface area (Å²) in [5, 5.41) is 8.35. The van der Waals surface area contributed by atoms with Crippen molar-refractivity contribution in [3.8, 4) is 17.4 Å². The third-order valence-corrected chi connectivity index (χ3v) is 8.00. The predicted octanol–water partition coefficient (Wildman–Crippen LogP) is 6.22. The van der Waals surface area contributed by atoms with Crippen molar-refractivity contribution in [2.24, 2.45) is 0 Å². The number of aryl methyl sites for hydroxylation is 1. The molecule has 44 heavy (non-hydrogen) atoms. The molecule has 2 atom stereocenters. The normalized spacial score (nSPS) is 19.7. The number of rotatable bonds is 6. The molecule has 2 unspecified atom stereocenters. The zero-order valence-corrected chi connectivity index (χ0v) is 25.1. The number of carbonyl (C=O) groups is 1. The van der Waals surface area contributed by atoms with Crippen LogP contribution in [0.4, 0.5) is 16.3 Å². The van der Waals surface area contributed by atoms with Crippen LogP contribution in [0, 0.1) is 6.92 Å². The van der Waals surface area contributed by atoms with Gasteiger partial charge in [0.25, 0.3) is 0 Å². The minimum Gasteiger partial charge on any atom is -0.490 e. The van der Waals surface area contributed by atoms with E-state index in [1.807, 2.05) is 69.0 Å². The zero-order valence-electron chi connectivity index (χ0n) is 25.1. The number of hydrogen-bond acceptors (Lipinski definition) is 10. The molecule has 12 heteroatoms. The van der Waals surface area contributed by atoms with Gasteiger partial charge in [-0.05, 0) is 82.5 Å². The molecule has 5 aromatic rings. The molecule has 1 amide bonds. The lowest BCUT2D eigenvalue weighted by molar-refractivity contribution is -0.00706. The van der Waals surface area contributed by atoms with Gasteiger partial charge in [0.15, 0.2) is 5.65 Å². The van der Waals surface area contributed by atoms with Crippen LogP contribution in [0.3, 0.4) is 0 Å². The van der Waals surface area contributed by atoms with Crippen LogP contribution >= 0.6 is 0 Å². The van der Waals surface area contributed by atoms with Crippen LogP contribution in [0.15, 0.2) is 61.4 Å². The first-order valence-corrected chi connectivity index (χ1v) is 14.8. The Morgan fingerprint density at radius 1 is 0.955 bits per heavy atom. The van der Waals surface area contributed by atoms with E-state index >= 15 is 0 Å². The second-order valence-corrected chi connectivity index (χ2v) is 12.4. The highest BCUT2D eigenvalue weighted by atomic mass is 16.6. The summed E-state index contributed by atoms with van der Waals surface area (Å²) in [6.45, 7) is 7.68. The first kappa shape index (κ1) is 27.8. The summed E-state index contributed by atoms with van der Waals surface area (Å²) in [6.07, 6.45) is 7.88. The Morgan fingerprint density at radius 3 is 2.55 bits per heavy atom. The van der Waals surface area contributed by atoms with Gasteiger partial charge in [-0.15, -0.1) is 0 Å². The van der Waals surface area contributed by atoms with Gasteiger partial charge in [0, 0.05) is 42.1 Å². The minimum absolute atomic E-state index is 0.0137. The Bertz CT molecular complexity index is 1840. The van der Waals surface area contributed by atoms with Crippen LogP contribution in [0.2, 0.25) is 0 Å². The van der Waals surface area contributed by atoms with Gasteiger partial charge >= 0.3 is 6.09 Å². The molecule has 2 bridgehead atoms. The molecule has 2 aromatic carbocycles. The summed E-state index contributed by atoms with van der Waals surface area (Å²) in [7, 11) is 0. The van der Waals surface area contributed by atoms with Gasteiger partial charge in [-0.1, -0.05) is 0 Å². The Hall–Kier alpha value is -5.00. The molecule has 0 spiro atoms. The van der Waals surface area contributed by atoms with E-state index in [1.54, 1.807) is 23.2 Å². The minimum atomic E-state index is -0.511. The van der Waals surface area contributed by atoms with Crippen molar-refractivity contribution in [1.82, 2.24) is 34.4 Å². The molecule has 2 aliphatic heterocycles. The molecule has 226 valence electrons. The second-order valence-electron chi connectivity index (χ2n) is 12.4. The van der Waals surface area contributed by atoms with Gasteiger partial charge in [-0.2, -0.15) is 5.10 Å². The van der Waals surface area contributed by atoms with Crippen LogP contribution in [-0.2, 0) is 4.74 Å². The van der Waals surface area contributed by atoms with Crippen LogP contribution in [0.5, 0.6) is 17.4 Å². The first-order chi connectivity index (χ1) is 21.2. The summed E-state index contributed by atoms with van der Waals surface area (Å²) in [5.74, 6) is 2.55. The van der Waals surface area contributed by atoms with E-state index in [9.17, 15) is 4.79 Å². The average Bonchev–Trinajstić information content (AvgIpc) is 3.55. The van der Waals surface area contributed by atoms with Crippen molar-refractivity contribution in [3.63, 3.8) is 0 Å². The molecule has 0 aliphatic carbocycles. The number of hydrogen-bond donors (Lipinski definition) is 1. The highest BCUT2D eigenvalue weighted by Crippen LogP contribution is 2.39. The SMILES string of the molecule is Cc1cc(Nc2ncnc3ccc(OC4CC5CCC(C4)N5C(=O)OC(C)(C)C)cc23)ccc1Oc1cc2ncnn2cn1. The third kappa shape index (κ3) is 5.67. The number of ether oxygens (including phenoxy) is 3. The Morgan fingerprint density at radius 2 is 1.77 bits per heavy atom. The maximum atomic E-state index is 12.9. The van der Waals surface area contributed by atoms with Crippen molar-refractivity contribution in [2.45, 2.75) is 77.2 Å². The van der Waals surface area contributed by atoms with Crippen LogP contribution < -0.4 is 14.8 Å². The van der Waals surface area contributed by atoms with Gasteiger partial charge in [-0.25, -0.2) is 29.2 Å². The fourth-order valence-corrected chi connectivity index (χ4v) is 6.09. The van der Waals surface area contributed by atoms with Crippen LogP contribution in [-0.4, -0.2) is 64.3 Å². The summed E-state index contributed by atoms with van der Waals surface area (Å²) in [6, 6.07) is 13.7. The average molecular weight is 595 g/mol. The second kappa shape index (κ2) is 10.9. The van der Waals surface area contributed by atoms with E-state index < -0.39 is 5.60 Å². The molecule has 3 aromatic heterocycles. The Labute approximate surface area is 254 Å². The third-order valence-electron chi connectivity index (χ3n) is 8.00. The zero-order chi connectivity index (χ0) is 30.4. The molecule has 2 aliphatic rings. The quantitative estimate of drug-likeness (QED) is 0.242. The van der Waals surface area contributed by atoms with E-state index in [2.05, 4.69) is 30.4 Å². The van der Waals surface area contributed by atoms with Gasteiger partial charge < -0.3 is 24.4 Å². The Kier molecular flexibility index (Phi) is 6.91. The lowest BCUT2D eigenvalue weighted by atomic mass is 10.00. The molecular formula is C32H34N8O4. The number of piperidine rings is 1. The van der Waals surface area contributed by atoms with E-state index in [4.69, 9.17) is 14.2 Å². The smallest absolute Gasteiger partial charge is 0.410 e. The maximum Gasteiger partial charge on any atom is 0.410 e. The van der Waals surface area contributed by atoms with Crippen molar-refractivity contribution in [1.29, 1.82) is 0 Å². The summed E-state index contributed by atoms with van der Waals surface area (Å²) >= 11 is 0. The lowest BCUT2D eigenvalue weighted by Crippen LogP contribution is -2.50. The molecule has 2 saturated heterocycles. The van der Waals surface area contributed by atoms with Gasteiger partial charge in [0.05, 0.1) is 5.52 Å². The van der Waals surface area contributed by atoms with Crippen molar-refractivity contribution in [2.75, 3.05) is 5.32 Å². The Balaban J connectivity index is 1.05. The van der Waals surface area contributed by atoms with Gasteiger partial charge in [-0.3, -0.25) is 0 Å². The standard InChI is InChI=1S/C32H34N8O4/c1-19-11-20(5-10-27(19)43-29-15-28-34-17-37-39(28)18-36-29)38-30-25-14-23(8-9-26(25)33-16-35-30)42-24-12-21-6-7-22(13-24)40(21)31(41)44-32(2,3)4/h5,8-11,14-18,21-22,24H,6-7,12-13H2,1-4H3,(H,33,35,38). The number of benzene rings is 2. The molecule has 7 rings (SSSR count). The molecule has 5 heterocycles. The highest BCUT2D eigenvalue weighted by molar-refractivity contribution is 5.91. The highest BCUT2D eigenvalue weighted by Gasteiger charge is 2.45. The number of amides is 1. The topological polar surface area (TPSA) is 129 Å². The van der Waals surface area contributed by atoms with Crippen LogP contribution in [0.25, 0.3) is 16.6 Å². The number of aromatic nitrogens is 6. The molecule has 1 N–H and O–H groups in total. The largest absolute Gasteiger partial charge is 0.490 e. The van der Waals surface area contributed by atoms with Crippen LogP contribution in [0.1, 0.15) is 52.0 Å². The van der Waals surface area contributed by atoms with Crippen molar-refractivity contribution < 1.29 is 19.0 Å². The maximum absolute atomic E-state index is 12.9.